The SMILES string of the molecule is O=C(Nc1ccc(C(O)(C(F)(F)F)C(F)(F)F)cc1)c1ccc(OC(F)(F)F)cc1. The number of rotatable bonds is 4. The van der Waals surface area contributed by atoms with Gasteiger partial charge in [0.2, 0.25) is 0 Å². The predicted molar refractivity (Wildman–Crippen MR) is 83.5 cm³/mol. The van der Waals surface area contributed by atoms with E-state index in [1.165, 1.54) is 0 Å². The molecule has 0 saturated carbocycles. The minimum atomic E-state index is -6.06. The second-order valence-electron chi connectivity index (χ2n) is 5.81. The molecular formula is C17H10F9NO3. The van der Waals surface area contributed by atoms with E-state index in [9.17, 15) is 49.4 Å². The number of alkyl halides is 9. The number of hydrogen-bond donors (Lipinski definition) is 2. The second-order valence-corrected chi connectivity index (χ2v) is 5.81. The molecule has 0 aliphatic rings. The topological polar surface area (TPSA) is 58.6 Å². The van der Waals surface area contributed by atoms with Crippen LogP contribution in [0.5, 0.6) is 5.75 Å². The molecule has 4 nitrogen and oxygen atoms in total. The van der Waals surface area contributed by atoms with Crippen LogP contribution in [-0.2, 0) is 5.60 Å². The lowest BCUT2D eigenvalue weighted by atomic mass is 9.92. The van der Waals surface area contributed by atoms with Crippen LogP contribution in [0.3, 0.4) is 0 Å². The van der Waals surface area contributed by atoms with E-state index in [-0.39, 0.29) is 11.3 Å². The molecule has 2 aromatic rings. The Kier molecular flexibility index (Phi) is 5.99. The summed E-state index contributed by atoms with van der Waals surface area (Å²) in [7, 11) is 0. The van der Waals surface area contributed by atoms with Crippen molar-refractivity contribution in [1.29, 1.82) is 0 Å². The number of carbonyl (C=O) groups excluding carboxylic acids is 1. The third-order valence-electron chi connectivity index (χ3n) is 3.73. The number of halogens is 9. The van der Waals surface area contributed by atoms with Crippen LogP contribution in [0.2, 0.25) is 0 Å². The molecule has 0 bridgehead atoms. The van der Waals surface area contributed by atoms with Gasteiger partial charge >= 0.3 is 18.7 Å². The maximum Gasteiger partial charge on any atom is 0.573 e. The molecule has 0 fully saturated rings. The first-order valence-electron chi connectivity index (χ1n) is 7.68. The molecule has 0 atom stereocenters. The van der Waals surface area contributed by atoms with E-state index < -0.39 is 41.5 Å². The molecule has 1 amide bonds. The summed E-state index contributed by atoms with van der Waals surface area (Å²) < 4.78 is 117. The second kappa shape index (κ2) is 7.70. The van der Waals surface area contributed by atoms with Crippen molar-refractivity contribution in [2.24, 2.45) is 0 Å². The largest absolute Gasteiger partial charge is 0.573 e. The van der Waals surface area contributed by atoms with Gasteiger partial charge in [-0.2, -0.15) is 26.3 Å². The zero-order chi connectivity index (χ0) is 23.0. The molecule has 0 aromatic heterocycles. The van der Waals surface area contributed by atoms with E-state index in [1.54, 1.807) is 0 Å². The van der Waals surface area contributed by atoms with Crippen LogP contribution in [0.15, 0.2) is 48.5 Å². The molecule has 164 valence electrons. The highest BCUT2D eigenvalue weighted by atomic mass is 19.4. The van der Waals surface area contributed by atoms with Gasteiger partial charge in [-0.05, 0) is 36.4 Å². The van der Waals surface area contributed by atoms with E-state index in [1.807, 2.05) is 0 Å². The van der Waals surface area contributed by atoms with Crippen molar-refractivity contribution in [3.8, 4) is 5.75 Å². The molecule has 30 heavy (non-hydrogen) atoms. The number of amides is 1. The third-order valence-corrected chi connectivity index (χ3v) is 3.73. The van der Waals surface area contributed by atoms with Crippen molar-refractivity contribution in [1.82, 2.24) is 0 Å². The Morgan fingerprint density at radius 3 is 1.63 bits per heavy atom. The summed E-state index contributed by atoms with van der Waals surface area (Å²) in [5.41, 5.74) is -7.03. The third kappa shape index (κ3) is 4.96. The summed E-state index contributed by atoms with van der Waals surface area (Å²) in [5.74, 6) is -1.52. The number of hydrogen-bond acceptors (Lipinski definition) is 3. The summed E-state index contributed by atoms with van der Waals surface area (Å²) in [6.07, 6.45) is -17.1. The van der Waals surface area contributed by atoms with Crippen molar-refractivity contribution in [2.45, 2.75) is 24.3 Å². The van der Waals surface area contributed by atoms with Crippen molar-refractivity contribution >= 4 is 11.6 Å². The number of nitrogens with one attached hydrogen (secondary N) is 1. The normalized spacial score (nSPS) is 13.1. The fourth-order valence-electron chi connectivity index (χ4n) is 2.29. The highest BCUT2D eigenvalue weighted by Crippen LogP contribution is 2.50. The number of benzene rings is 2. The van der Waals surface area contributed by atoms with Crippen LogP contribution in [0.25, 0.3) is 0 Å². The number of ether oxygens (including phenoxy) is 1. The highest BCUT2D eigenvalue weighted by molar-refractivity contribution is 6.04. The summed E-state index contributed by atoms with van der Waals surface area (Å²) in [4.78, 5) is 12.0. The number of carbonyl (C=O) groups is 1. The molecule has 0 radical (unpaired) electrons. The van der Waals surface area contributed by atoms with Gasteiger partial charge in [0.25, 0.3) is 11.5 Å². The van der Waals surface area contributed by atoms with Crippen molar-refractivity contribution in [2.75, 3.05) is 5.32 Å². The summed E-state index contributed by atoms with van der Waals surface area (Å²) in [6.45, 7) is 0. The molecule has 0 unspecified atom stereocenters. The Bertz CT molecular complexity index is 871. The van der Waals surface area contributed by atoms with Crippen LogP contribution in [-0.4, -0.2) is 29.7 Å². The van der Waals surface area contributed by atoms with E-state index >= 15 is 0 Å². The molecule has 0 aliphatic carbocycles. The lowest BCUT2D eigenvalue weighted by molar-refractivity contribution is -0.376. The van der Waals surface area contributed by atoms with Crippen LogP contribution in [0, 0.1) is 0 Å². The van der Waals surface area contributed by atoms with Gasteiger partial charge in [0, 0.05) is 16.8 Å². The molecule has 2 aromatic carbocycles. The minimum absolute atomic E-state index is 0.171. The minimum Gasteiger partial charge on any atom is -0.406 e. The lowest BCUT2D eigenvalue weighted by Gasteiger charge is -2.32. The van der Waals surface area contributed by atoms with Crippen molar-refractivity contribution < 1.29 is 54.2 Å². The first-order valence-corrected chi connectivity index (χ1v) is 7.68. The monoisotopic (exact) mass is 447 g/mol. The van der Waals surface area contributed by atoms with Crippen LogP contribution < -0.4 is 10.1 Å². The Morgan fingerprint density at radius 2 is 1.23 bits per heavy atom. The van der Waals surface area contributed by atoms with Gasteiger partial charge < -0.3 is 15.2 Å². The zero-order valence-electron chi connectivity index (χ0n) is 14.3. The smallest absolute Gasteiger partial charge is 0.406 e. The Hall–Kier alpha value is -2.96. The predicted octanol–water partition coefficient (Wildman–Crippen LogP) is 5.15. The van der Waals surface area contributed by atoms with Gasteiger partial charge in [0.15, 0.2) is 0 Å². The average molecular weight is 447 g/mol. The number of aliphatic hydroxyl groups is 1. The molecule has 0 aliphatic heterocycles. The quantitative estimate of drug-likeness (QED) is 0.638. The summed E-state index contributed by atoms with van der Waals surface area (Å²) >= 11 is 0. The molecule has 0 saturated heterocycles. The van der Waals surface area contributed by atoms with Gasteiger partial charge in [-0.1, -0.05) is 12.1 Å². The molecule has 0 heterocycles. The zero-order valence-corrected chi connectivity index (χ0v) is 14.3. The Labute approximate surface area is 161 Å². The Morgan fingerprint density at radius 1 is 0.767 bits per heavy atom. The molecule has 13 heteroatoms. The van der Waals surface area contributed by atoms with E-state index in [0.717, 1.165) is 24.3 Å². The van der Waals surface area contributed by atoms with Crippen LogP contribution in [0.1, 0.15) is 15.9 Å². The molecule has 0 spiro atoms. The van der Waals surface area contributed by atoms with Crippen molar-refractivity contribution in [3.63, 3.8) is 0 Å². The maximum atomic E-state index is 12.8. The van der Waals surface area contributed by atoms with Crippen molar-refractivity contribution in [3.05, 3.63) is 59.7 Å². The number of anilines is 1. The van der Waals surface area contributed by atoms with Gasteiger partial charge in [-0.3, -0.25) is 4.79 Å². The summed E-state index contributed by atoms with van der Waals surface area (Å²) in [6, 6.07) is 5.62. The highest BCUT2D eigenvalue weighted by Gasteiger charge is 2.71. The van der Waals surface area contributed by atoms with Gasteiger partial charge in [-0.15, -0.1) is 13.2 Å². The lowest BCUT2D eigenvalue weighted by Crippen LogP contribution is -2.53. The first kappa shape index (κ1) is 23.3. The van der Waals surface area contributed by atoms with Crippen LogP contribution in [0.4, 0.5) is 45.2 Å². The Balaban J connectivity index is 2.18. The van der Waals surface area contributed by atoms with E-state index in [2.05, 4.69) is 10.1 Å². The fraction of sp³-hybridized carbons (Fsp3) is 0.235. The summed E-state index contributed by atoms with van der Waals surface area (Å²) in [5, 5.41) is 11.4. The van der Waals surface area contributed by atoms with Gasteiger partial charge in [-0.25, -0.2) is 0 Å². The fourth-order valence-corrected chi connectivity index (χ4v) is 2.29. The maximum absolute atomic E-state index is 12.8. The van der Waals surface area contributed by atoms with Crippen LogP contribution >= 0.6 is 0 Å². The molecule has 2 rings (SSSR count). The van der Waals surface area contributed by atoms with E-state index in [4.69, 9.17) is 0 Å². The molecular weight excluding hydrogens is 437 g/mol. The standard InChI is InChI=1S/C17H10F9NO3/c18-15(19,20)14(29,16(21,22)23)10-3-5-11(6-4-10)27-13(28)9-1-7-12(8-2-9)30-17(24,25)26/h1-8,29H,(H,27,28). The average Bonchev–Trinajstić information content (AvgIpc) is 2.59. The van der Waals surface area contributed by atoms with Gasteiger partial charge in [0.1, 0.15) is 5.75 Å². The first-order chi connectivity index (χ1) is 13.5. The molecule has 2 N–H and O–H groups in total. The van der Waals surface area contributed by atoms with E-state index in [0.29, 0.717) is 24.3 Å². The van der Waals surface area contributed by atoms with Gasteiger partial charge in [0.05, 0.1) is 0 Å².